The molecular formula is C28H32FNO3. The molecule has 2 aromatic rings. The first kappa shape index (κ1) is 23.2. The van der Waals surface area contributed by atoms with Gasteiger partial charge >= 0.3 is 0 Å². The molecule has 1 fully saturated rings. The van der Waals surface area contributed by atoms with Crippen LogP contribution >= 0.6 is 0 Å². The van der Waals surface area contributed by atoms with Gasteiger partial charge in [-0.05, 0) is 61.6 Å². The van der Waals surface area contributed by atoms with Crippen LogP contribution in [-0.4, -0.2) is 36.3 Å². The van der Waals surface area contributed by atoms with E-state index in [-0.39, 0.29) is 35.3 Å². The maximum atomic E-state index is 13.9. The van der Waals surface area contributed by atoms with Gasteiger partial charge in [-0.25, -0.2) is 4.39 Å². The number of ether oxygens (including phenoxy) is 1. The number of methoxy groups -OCH3 is 1. The van der Waals surface area contributed by atoms with Crippen LogP contribution in [0, 0.1) is 17.7 Å². The lowest BCUT2D eigenvalue weighted by Gasteiger charge is -2.36. The maximum absolute atomic E-state index is 13.9. The molecule has 1 heterocycles. The molecule has 3 atom stereocenters. The fourth-order valence-corrected chi connectivity index (χ4v) is 5.21. The fraction of sp³-hybridized carbons (Fsp3) is 0.429. The molecule has 5 heteroatoms. The van der Waals surface area contributed by atoms with Gasteiger partial charge in [0.25, 0.3) is 0 Å². The lowest BCUT2D eigenvalue weighted by Crippen LogP contribution is -2.49. The lowest BCUT2D eigenvalue weighted by molar-refractivity contribution is -0.143. The number of hydrogen-bond acceptors (Lipinski definition) is 3. The van der Waals surface area contributed by atoms with Gasteiger partial charge in [-0.2, -0.15) is 0 Å². The van der Waals surface area contributed by atoms with Gasteiger partial charge in [-0.3, -0.25) is 9.59 Å². The molecule has 4 nitrogen and oxygen atoms in total. The number of carbonyl (C=O) groups is 2. The predicted octanol–water partition coefficient (Wildman–Crippen LogP) is 5.32. The average molecular weight is 450 g/mol. The summed E-state index contributed by atoms with van der Waals surface area (Å²) in [4.78, 5) is 28.9. The summed E-state index contributed by atoms with van der Waals surface area (Å²) in [6, 6.07) is 13.6. The molecule has 2 aliphatic rings. The van der Waals surface area contributed by atoms with Crippen LogP contribution < -0.4 is 4.74 Å². The third-order valence-corrected chi connectivity index (χ3v) is 7.18. The molecule has 0 bridgehead atoms. The van der Waals surface area contributed by atoms with Crippen LogP contribution in [0.25, 0.3) is 0 Å². The Morgan fingerprint density at radius 3 is 2.36 bits per heavy atom. The summed E-state index contributed by atoms with van der Waals surface area (Å²) in [7, 11) is 1.63. The molecule has 1 aliphatic heterocycles. The summed E-state index contributed by atoms with van der Waals surface area (Å²) in [5, 5.41) is 0. The Kier molecular flexibility index (Phi) is 7.26. The van der Waals surface area contributed by atoms with E-state index in [0.717, 1.165) is 42.6 Å². The predicted molar refractivity (Wildman–Crippen MR) is 127 cm³/mol. The summed E-state index contributed by atoms with van der Waals surface area (Å²) in [6.45, 7) is 2.30. The third-order valence-electron chi connectivity index (χ3n) is 7.18. The largest absolute Gasteiger partial charge is 0.497 e. The van der Waals surface area contributed by atoms with Crippen molar-refractivity contribution in [2.45, 2.75) is 51.0 Å². The molecular weight excluding hydrogens is 417 g/mol. The molecule has 33 heavy (non-hydrogen) atoms. The number of amides is 1. The van der Waals surface area contributed by atoms with E-state index in [1.807, 2.05) is 37.3 Å². The summed E-state index contributed by atoms with van der Waals surface area (Å²) >= 11 is 0. The van der Waals surface area contributed by atoms with E-state index in [9.17, 15) is 14.0 Å². The molecule has 1 amide bonds. The highest BCUT2D eigenvalue weighted by Crippen LogP contribution is 2.35. The van der Waals surface area contributed by atoms with Crippen molar-refractivity contribution in [2.24, 2.45) is 11.8 Å². The van der Waals surface area contributed by atoms with E-state index < -0.39 is 6.04 Å². The first-order valence-corrected chi connectivity index (χ1v) is 11.9. The van der Waals surface area contributed by atoms with Crippen molar-refractivity contribution in [2.75, 3.05) is 13.7 Å². The van der Waals surface area contributed by atoms with Crippen LogP contribution in [0.4, 0.5) is 4.39 Å². The zero-order valence-corrected chi connectivity index (χ0v) is 19.4. The van der Waals surface area contributed by atoms with Crippen LogP contribution in [0.2, 0.25) is 0 Å². The van der Waals surface area contributed by atoms with Crippen LogP contribution in [0.3, 0.4) is 0 Å². The smallest absolute Gasteiger partial charge is 0.226 e. The highest BCUT2D eigenvalue weighted by Gasteiger charge is 2.38. The number of nitrogens with zero attached hydrogens (tertiary/aromatic N) is 1. The van der Waals surface area contributed by atoms with Crippen molar-refractivity contribution >= 4 is 11.7 Å². The van der Waals surface area contributed by atoms with Gasteiger partial charge in [0.05, 0.1) is 13.2 Å². The minimum Gasteiger partial charge on any atom is -0.497 e. The highest BCUT2D eigenvalue weighted by molar-refractivity contribution is 5.92. The number of benzene rings is 2. The topological polar surface area (TPSA) is 46.6 Å². The molecule has 0 spiro atoms. The second-order valence-corrected chi connectivity index (χ2v) is 9.21. The van der Waals surface area contributed by atoms with E-state index in [1.54, 1.807) is 24.1 Å². The molecule has 1 aliphatic carbocycles. The summed E-state index contributed by atoms with van der Waals surface area (Å²) in [5.41, 5.74) is 1.93. The van der Waals surface area contributed by atoms with Gasteiger partial charge in [0, 0.05) is 24.3 Å². The normalized spacial score (nSPS) is 24.9. The molecule has 0 aromatic heterocycles. The summed E-state index contributed by atoms with van der Waals surface area (Å²) < 4.78 is 18.8. The monoisotopic (exact) mass is 449 g/mol. The van der Waals surface area contributed by atoms with Crippen LogP contribution in [0.15, 0.2) is 60.7 Å². The van der Waals surface area contributed by atoms with Crippen molar-refractivity contribution in [3.8, 4) is 5.75 Å². The zero-order chi connectivity index (χ0) is 23.4. The Bertz CT molecular complexity index is 993. The standard InChI is InChI=1S/C28H32FNO3/c1-19-27(31)26(18-20-9-13-23(29)14-10-20)25(21-11-15-24(33-2)16-12-21)8-5-17-30(19)28(32)22-6-3-4-7-22/h5,8-16,19,22,25-26H,3-4,6-7,17-18H2,1-2H3/b8-5-/t19-,25-,26-/m0/s1. The van der Waals surface area contributed by atoms with Gasteiger partial charge < -0.3 is 9.64 Å². The van der Waals surface area contributed by atoms with Crippen molar-refractivity contribution in [1.82, 2.24) is 4.90 Å². The Balaban J connectivity index is 1.68. The number of hydrogen-bond donors (Lipinski definition) is 0. The number of rotatable bonds is 5. The number of Topliss-reactive ketones (excluding diaryl/α,β-unsaturated/α-hetero) is 1. The summed E-state index contributed by atoms with van der Waals surface area (Å²) in [5.74, 6) is 0.139. The number of ketones is 1. The first-order chi connectivity index (χ1) is 16.0. The molecule has 174 valence electrons. The quantitative estimate of drug-likeness (QED) is 0.580. The van der Waals surface area contributed by atoms with E-state index in [4.69, 9.17) is 4.74 Å². The minimum atomic E-state index is -0.505. The lowest BCUT2D eigenvalue weighted by atomic mass is 9.76. The van der Waals surface area contributed by atoms with Crippen molar-refractivity contribution in [3.05, 3.63) is 77.6 Å². The summed E-state index contributed by atoms with van der Waals surface area (Å²) in [6.07, 6.45) is 8.55. The average Bonchev–Trinajstić information content (AvgIpc) is 3.38. The van der Waals surface area contributed by atoms with Crippen molar-refractivity contribution in [3.63, 3.8) is 0 Å². The van der Waals surface area contributed by atoms with E-state index >= 15 is 0 Å². The molecule has 4 rings (SSSR count). The van der Waals surface area contributed by atoms with Gasteiger partial charge in [0.15, 0.2) is 5.78 Å². The fourth-order valence-electron chi connectivity index (χ4n) is 5.21. The van der Waals surface area contributed by atoms with Crippen LogP contribution in [-0.2, 0) is 16.0 Å². The van der Waals surface area contributed by atoms with Crippen LogP contribution in [0.5, 0.6) is 5.75 Å². The van der Waals surface area contributed by atoms with Gasteiger partial charge in [0.1, 0.15) is 11.6 Å². The van der Waals surface area contributed by atoms with Crippen molar-refractivity contribution in [1.29, 1.82) is 0 Å². The molecule has 1 saturated carbocycles. The Labute approximate surface area is 195 Å². The van der Waals surface area contributed by atoms with E-state index in [0.29, 0.717) is 13.0 Å². The Morgan fingerprint density at radius 2 is 1.73 bits per heavy atom. The highest BCUT2D eigenvalue weighted by atomic mass is 19.1. The van der Waals surface area contributed by atoms with E-state index in [2.05, 4.69) is 6.08 Å². The molecule has 0 N–H and O–H groups in total. The minimum absolute atomic E-state index is 0.0287. The van der Waals surface area contributed by atoms with E-state index in [1.165, 1.54) is 12.1 Å². The van der Waals surface area contributed by atoms with Crippen LogP contribution in [0.1, 0.15) is 49.7 Å². The Morgan fingerprint density at radius 1 is 1.06 bits per heavy atom. The third kappa shape index (κ3) is 5.18. The SMILES string of the molecule is COc1ccc([C@@H]2/C=C\CN(C(=O)C3CCCC3)[C@@H](C)C(=O)[C@H]2Cc2ccc(F)cc2)cc1. The molecule has 2 aromatic carbocycles. The Hall–Kier alpha value is -2.95. The zero-order valence-electron chi connectivity index (χ0n) is 19.4. The maximum Gasteiger partial charge on any atom is 0.226 e. The van der Waals surface area contributed by atoms with Gasteiger partial charge in [-0.1, -0.05) is 49.3 Å². The van der Waals surface area contributed by atoms with Gasteiger partial charge in [0.2, 0.25) is 5.91 Å². The molecule has 0 unspecified atom stereocenters. The number of allylic oxidation sites excluding steroid dienone is 1. The first-order valence-electron chi connectivity index (χ1n) is 11.9. The second kappa shape index (κ2) is 10.3. The molecule has 0 saturated heterocycles. The number of halogens is 1. The molecule has 0 radical (unpaired) electrons. The second-order valence-electron chi connectivity index (χ2n) is 9.21. The van der Waals surface area contributed by atoms with Gasteiger partial charge in [-0.15, -0.1) is 0 Å². The van der Waals surface area contributed by atoms with Crippen molar-refractivity contribution < 1.29 is 18.7 Å². The number of carbonyl (C=O) groups excluding carboxylic acids is 2.